The van der Waals surface area contributed by atoms with Gasteiger partial charge in [-0.1, -0.05) is 23.7 Å². The van der Waals surface area contributed by atoms with Crippen molar-refractivity contribution in [3.05, 3.63) is 87.9 Å². The van der Waals surface area contributed by atoms with E-state index in [-0.39, 0.29) is 38.7 Å². The van der Waals surface area contributed by atoms with Gasteiger partial charge in [-0.25, -0.2) is 9.69 Å². The first kappa shape index (κ1) is 20.1. The molecule has 0 saturated carbocycles. The summed E-state index contributed by atoms with van der Waals surface area (Å²) in [4.78, 5) is 50.1. The Hall–Kier alpha value is -4.17. The zero-order chi connectivity index (χ0) is 22.3. The molecular weight excluding hydrogens is 424 g/mol. The lowest BCUT2D eigenvalue weighted by atomic mass is 10.1. The number of para-hydroxylation sites is 1. The molecule has 4 rings (SSSR count). The van der Waals surface area contributed by atoms with Crippen molar-refractivity contribution in [2.75, 3.05) is 10.2 Å². The first-order chi connectivity index (χ1) is 14.8. The van der Waals surface area contributed by atoms with Gasteiger partial charge in [0.1, 0.15) is 5.75 Å². The fourth-order valence-corrected chi connectivity index (χ4v) is 3.42. The van der Waals surface area contributed by atoms with Crippen molar-refractivity contribution in [1.82, 2.24) is 0 Å². The molecular formula is C22H13ClN2O6. The van der Waals surface area contributed by atoms with Crippen LogP contribution in [0.2, 0.25) is 5.02 Å². The summed E-state index contributed by atoms with van der Waals surface area (Å²) in [6.07, 6.45) is 0. The molecule has 1 heterocycles. The Kier molecular flexibility index (Phi) is 4.92. The molecule has 3 N–H and O–H groups in total. The van der Waals surface area contributed by atoms with Crippen LogP contribution in [0.15, 0.2) is 60.7 Å². The zero-order valence-electron chi connectivity index (χ0n) is 15.6. The maximum Gasteiger partial charge on any atom is 0.335 e. The summed E-state index contributed by atoms with van der Waals surface area (Å²) < 4.78 is 0. The van der Waals surface area contributed by atoms with Crippen LogP contribution in [0.25, 0.3) is 0 Å². The number of aromatic hydroxyl groups is 1. The van der Waals surface area contributed by atoms with Gasteiger partial charge in [-0.2, -0.15) is 0 Å². The number of imide groups is 1. The second kappa shape index (κ2) is 7.58. The zero-order valence-corrected chi connectivity index (χ0v) is 16.4. The highest BCUT2D eigenvalue weighted by Crippen LogP contribution is 2.33. The van der Waals surface area contributed by atoms with Gasteiger partial charge >= 0.3 is 5.97 Å². The number of carbonyl (C=O) groups excluding carboxylic acids is 3. The largest absolute Gasteiger partial charge is 0.506 e. The van der Waals surface area contributed by atoms with Crippen LogP contribution in [-0.4, -0.2) is 33.9 Å². The smallest absolute Gasteiger partial charge is 0.335 e. The molecule has 1 aliphatic rings. The van der Waals surface area contributed by atoms with Gasteiger partial charge in [-0.3, -0.25) is 14.4 Å². The number of hydrogen-bond donors (Lipinski definition) is 3. The van der Waals surface area contributed by atoms with Crippen LogP contribution in [0.3, 0.4) is 0 Å². The Balaban J connectivity index is 1.62. The van der Waals surface area contributed by atoms with Crippen molar-refractivity contribution in [1.29, 1.82) is 0 Å². The van der Waals surface area contributed by atoms with Crippen LogP contribution in [0.5, 0.6) is 5.75 Å². The van der Waals surface area contributed by atoms with Crippen LogP contribution in [0, 0.1) is 0 Å². The lowest BCUT2D eigenvalue weighted by molar-refractivity contribution is 0.0695. The minimum Gasteiger partial charge on any atom is -0.506 e. The predicted octanol–water partition coefficient (Wildman–Crippen LogP) is 3.80. The van der Waals surface area contributed by atoms with Crippen molar-refractivity contribution in [2.45, 2.75) is 0 Å². The molecule has 0 radical (unpaired) electrons. The summed E-state index contributed by atoms with van der Waals surface area (Å²) >= 11 is 6.12. The third-order valence-corrected chi connectivity index (χ3v) is 5.05. The Morgan fingerprint density at radius 3 is 2.23 bits per heavy atom. The summed E-state index contributed by atoms with van der Waals surface area (Å²) in [5.41, 5.74) is 0.345. The number of anilines is 2. The molecule has 0 aromatic heterocycles. The van der Waals surface area contributed by atoms with Gasteiger partial charge in [-0.05, 0) is 48.5 Å². The summed E-state index contributed by atoms with van der Waals surface area (Å²) in [7, 11) is 0. The number of carboxylic acids is 1. The molecule has 0 saturated heterocycles. The third kappa shape index (κ3) is 3.49. The number of halogens is 1. The van der Waals surface area contributed by atoms with Crippen molar-refractivity contribution in [3.63, 3.8) is 0 Å². The molecule has 3 aromatic rings. The van der Waals surface area contributed by atoms with E-state index in [0.717, 1.165) is 11.0 Å². The van der Waals surface area contributed by atoms with Crippen LogP contribution >= 0.6 is 11.6 Å². The van der Waals surface area contributed by atoms with E-state index in [1.165, 1.54) is 30.3 Å². The van der Waals surface area contributed by atoms with E-state index < -0.39 is 29.4 Å². The quantitative estimate of drug-likeness (QED) is 0.422. The van der Waals surface area contributed by atoms with Crippen LogP contribution in [0.4, 0.5) is 11.4 Å². The molecule has 9 heteroatoms. The molecule has 0 fully saturated rings. The number of aromatic carboxylic acids is 1. The standard InChI is InChI=1S/C22H13ClN2O6/c23-15-3-1-2-4-17(15)25-20(28)13-7-5-11(9-14(13)21(25)29)19(27)24-16-8-6-12(22(30)31)10-18(16)26/h1-10,26H,(H,24,27)(H,30,31). The second-order valence-corrected chi connectivity index (χ2v) is 7.06. The summed E-state index contributed by atoms with van der Waals surface area (Å²) in [5, 5.41) is 21.6. The van der Waals surface area contributed by atoms with Gasteiger partial charge in [0.15, 0.2) is 0 Å². The van der Waals surface area contributed by atoms with Crippen molar-refractivity contribution in [2.24, 2.45) is 0 Å². The van der Waals surface area contributed by atoms with Gasteiger partial charge < -0.3 is 15.5 Å². The highest BCUT2D eigenvalue weighted by Gasteiger charge is 2.38. The average Bonchev–Trinajstić information content (AvgIpc) is 2.99. The van der Waals surface area contributed by atoms with Crippen LogP contribution < -0.4 is 10.2 Å². The molecule has 154 valence electrons. The highest BCUT2D eigenvalue weighted by atomic mass is 35.5. The molecule has 0 spiro atoms. The molecule has 31 heavy (non-hydrogen) atoms. The minimum absolute atomic E-state index is 0.00408. The number of phenols is 1. The van der Waals surface area contributed by atoms with Gasteiger partial charge in [-0.15, -0.1) is 0 Å². The van der Waals surface area contributed by atoms with Crippen molar-refractivity contribution < 1.29 is 29.4 Å². The molecule has 8 nitrogen and oxygen atoms in total. The summed E-state index contributed by atoms with van der Waals surface area (Å²) in [6, 6.07) is 13.9. The molecule has 0 aliphatic carbocycles. The van der Waals surface area contributed by atoms with Gasteiger partial charge in [0.25, 0.3) is 17.7 Å². The monoisotopic (exact) mass is 436 g/mol. The fraction of sp³-hybridized carbons (Fsp3) is 0. The highest BCUT2D eigenvalue weighted by molar-refractivity contribution is 6.40. The number of nitrogens with one attached hydrogen (secondary N) is 1. The Morgan fingerprint density at radius 2 is 1.55 bits per heavy atom. The fourth-order valence-electron chi connectivity index (χ4n) is 3.20. The minimum atomic E-state index is -1.22. The second-order valence-electron chi connectivity index (χ2n) is 6.65. The number of rotatable bonds is 4. The topological polar surface area (TPSA) is 124 Å². The van der Waals surface area contributed by atoms with Crippen LogP contribution in [0.1, 0.15) is 41.4 Å². The number of hydrogen-bond acceptors (Lipinski definition) is 5. The van der Waals surface area contributed by atoms with E-state index in [1.54, 1.807) is 24.3 Å². The Labute approximate surface area is 180 Å². The number of carbonyl (C=O) groups is 4. The number of phenolic OH excluding ortho intramolecular Hbond substituents is 1. The van der Waals surface area contributed by atoms with E-state index in [9.17, 15) is 24.3 Å². The van der Waals surface area contributed by atoms with E-state index in [0.29, 0.717) is 0 Å². The van der Waals surface area contributed by atoms with Crippen molar-refractivity contribution in [3.8, 4) is 5.75 Å². The number of carboxylic acid groups (broad SMARTS) is 1. The molecule has 0 atom stereocenters. The lowest BCUT2D eigenvalue weighted by Gasteiger charge is -2.15. The maximum absolute atomic E-state index is 12.9. The maximum atomic E-state index is 12.9. The van der Waals surface area contributed by atoms with Gasteiger partial charge in [0, 0.05) is 5.56 Å². The molecule has 1 aliphatic heterocycles. The Morgan fingerprint density at radius 1 is 0.871 bits per heavy atom. The molecule has 0 unspecified atom stereocenters. The number of amides is 3. The first-order valence-corrected chi connectivity index (χ1v) is 9.30. The predicted molar refractivity (Wildman–Crippen MR) is 112 cm³/mol. The van der Waals surface area contributed by atoms with E-state index in [1.807, 2.05) is 0 Å². The van der Waals surface area contributed by atoms with Crippen molar-refractivity contribution >= 4 is 46.7 Å². The lowest BCUT2D eigenvalue weighted by Crippen LogP contribution is -2.29. The number of nitrogens with zero attached hydrogens (tertiary/aromatic N) is 1. The molecule has 3 aromatic carbocycles. The first-order valence-electron chi connectivity index (χ1n) is 8.93. The van der Waals surface area contributed by atoms with Gasteiger partial charge in [0.2, 0.25) is 0 Å². The summed E-state index contributed by atoms with van der Waals surface area (Å²) in [5.74, 6) is -3.47. The average molecular weight is 437 g/mol. The van der Waals surface area contributed by atoms with Gasteiger partial charge in [0.05, 0.1) is 33.1 Å². The molecule has 0 bridgehead atoms. The Bertz CT molecular complexity index is 1290. The van der Waals surface area contributed by atoms with E-state index >= 15 is 0 Å². The number of fused-ring (bicyclic) bond motifs is 1. The number of benzene rings is 3. The van der Waals surface area contributed by atoms with Crippen LogP contribution in [-0.2, 0) is 0 Å². The third-order valence-electron chi connectivity index (χ3n) is 4.73. The van der Waals surface area contributed by atoms with E-state index in [2.05, 4.69) is 5.32 Å². The SMILES string of the molecule is O=C(O)c1ccc(NC(=O)c2ccc3c(c2)C(=O)N(c2ccccc2Cl)C3=O)c(O)c1. The summed E-state index contributed by atoms with van der Waals surface area (Å²) in [6.45, 7) is 0. The molecule has 3 amide bonds. The normalized spacial score (nSPS) is 12.6. The van der Waals surface area contributed by atoms with E-state index in [4.69, 9.17) is 16.7 Å².